The summed E-state index contributed by atoms with van der Waals surface area (Å²) in [7, 11) is 1.56. The minimum Gasteiger partial charge on any atom is -0.444 e. The third kappa shape index (κ3) is 4.25. The van der Waals surface area contributed by atoms with Crippen LogP contribution in [0.5, 0.6) is 0 Å². The van der Waals surface area contributed by atoms with Crippen LogP contribution in [0.4, 0.5) is 4.79 Å². The lowest BCUT2D eigenvalue weighted by atomic mass is 10.2. The molecule has 0 aromatic rings. The van der Waals surface area contributed by atoms with Crippen LogP contribution >= 0.6 is 0 Å². The average molecular weight is 201 g/mol. The predicted octanol–water partition coefficient (Wildman–Crippen LogP) is 1.83. The fourth-order valence-corrected chi connectivity index (χ4v) is 0.765. The van der Waals surface area contributed by atoms with Crippen molar-refractivity contribution in [1.82, 2.24) is 4.90 Å². The second-order valence-corrected chi connectivity index (χ2v) is 4.38. The quantitative estimate of drug-likeness (QED) is 0.684. The van der Waals surface area contributed by atoms with Gasteiger partial charge in [0.2, 0.25) is 0 Å². The van der Waals surface area contributed by atoms with Gasteiger partial charge in [0.05, 0.1) is 6.04 Å². The van der Waals surface area contributed by atoms with Gasteiger partial charge in [-0.2, -0.15) is 0 Å². The molecule has 0 aromatic heterocycles. The molecule has 0 heterocycles. The monoisotopic (exact) mass is 201 g/mol. The van der Waals surface area contributed by atoms with Gasteiger partial charge in [-0.1, -0.05) is 0 Å². The Morgan fingerprint density at radius 1 is 1.29 bits per heavy atom. The molecule has 4 heteroatoms. The number of rotatable bonds is 2. The van der Waals surface area contributed by atoms with E-state index >= 15 is 0 Å². The summed E-state index contributed by atoms with van der Waals surface area (Å²) in [6.07, 6.45) is -0.472. The normalized spacial score (nSPS) is 13.3. The average Bonchev–Trinajstić information content (AvgIpc) is 1.98. The first-order valence-corrected chi connectivity index (χ1v) is 4.61. The molecule has 0 unspecified atom stereocenters. The second-order valence-electron chi connectivity index (χ2n) is 4.38. The molecule has 0 N–H and O–H groups in total. The molecular weight excluding hydrogens is 182 g/mol. The summed E-state index contributed by atoms with van der Waals surface area (Å²) >= 11 is 0. The van der Waals surface area contributed by atoms with E-state index in [4.69, 9.17) is 4.74 Å². The number of hydrogen-bond donors (Lipinski definition) is 0. The maximum atomic E-state index is 11.5. The van der Waals surface area contributed by atoms with Crippen molar-refractivity contribution in [2.75, 3.05) is 7.05 Å². The van der Waals surface area contributed by atoms with E-state index in [0.29, 0.717) is 0 Å². The van der Waals surface area contributed by atoms with Gasteiger partial charge in [0.15, 0.2) is 5.78 Å². The third-order valence-electron chi connectivity index (χ3n) is 1.85. The molecule has 14 heavy (non-hydrogen) atoms. The summed E-state index contributed by atoms with van der Waals surface area (Å²) in [4.78, 5) is 23.8. The molecule has 0 saturated heterocycles. The first-order chi connectivity index (χ1) is 6.15. The van der Waals surface area contributed by atoms with Crippen molar-refractivity contribution in [2.24, 2.45) is 0 Å². The highest BCUT2D eigenvalue weighted by Crippen LogP contribution is 2.10. The number of ketones is 1. The molecule has 0 saturated carbocycles. The van der Waals surface area contributed by atoms with E-state index in [1.165, 1.54) is 11.8 Å². The van der Waals surface area contributed by atoms with E-state index in [2.05, 4.69) is 0 Å². The van der Waals surface area contributed by atoms with E-state index in [-0.39, 0.29) is 5.78 Å². The van der Waals surface area contributed by atoms with Gasteiger partial charge in [-0.25, -0.2) is 4.79 Å². The Hall–Kier alpha value is -1.06. The summed E-state index contributed by atoms with van der Waals surface area (Å²) < 4.78 is 5.11. The highest BCUT2D eigenvalue weighted by Gasteiger charge is 2.24. The Kier molecular flexibility index (Phi) is 4.10. The lowest BCUT2D eigenvalue weighted by Crippen LogP contribution is -2.42. The van der Waals surface area contributed by atoms with Crippen molar-refractivity contribution in [3.63, 3.8) is 0 Å². The summed E-state index contributed by atoms with van der Waals surface area (Å²) in [6.45, 7) is 8.49. The summed E-state index contributed by atoms with van der Waals surface area (Å²) in [6, 6.07) is -0.440. The highest BCUT2D eigenvalue weighted by atomic mass is 16.6. The Balaban J connectivity index is 4.33. The van der Waals surface area contributed by atoms with E-state index in [0.717, 1.165) is 0 Å². The molecule has 82 valence electrons. The van der Waals surface area contributed by atoms with Gasteiger partial charge in [0, 0.05) is 7.05 Å². The number of amides is 1. The zero-order valence-electron chi connectivity index (χ0n) is 9.75. The molecule has 0 rings (SSSR count). The molecule has 0 radical (unpaired) electrons. The van der Waals surface area contributed by atoms with Crippen LogP contribution in [-0.4, -0.2) is 35.5 Å². The van der Waals surface area contributed by atoms with Gasteiger partial charge < -0.3 is 9.64 Å². The van der Waals surface area contributed by atoms with Gasteiger partial charge in [-0.05, 0) is 34.6 Å². The van der Waals surface area contributed by atoms with Gasteiger partial charge in [0.1, 0.15) is 5.60 Å². The van der Waals surface area contributed by atoms with Crippen LogP contribution in [-0.2, 0) is 9.53 Å². The van der Waals surface area contributed by atoms with Gasteiger partial charge in [0.25, 0.3) is 0 Å². The van der Waals surface area contributed by atoms with Crippen molar-refractivity contribution >= 4 is 11.9 Å². The molecule has 0 aliphatic heterocycles. The van der Waals surface area contributed by atoms with E-state index in [9.17, 15) is 9.59 Å². The number of ether oxygens (including phenoxy) is 1. The minimum absolute atomic E-state index is 0.0571. The van der Waals surface area contributed by atoms with E-state index < -0.39 is 17.7 Å². The largest absolute Gasteiger partial charge is 0.444 e. The fraction of sp³-hybridized carbons (Fsp3) is 0.800. The first-order valence-electron chi connectivity index (χ1n) is 4.61. The fourth-order valence-electron chi connectivity index (χ4n) is 0.765. The lowest BCUT2D eigenvalue weighted by molar-refractivity contribution is -0.121. The van der Waals surface area contributed by atoms with Crippen molar-refractivity contribution in [1.29, 1.82) is 0 Å². The number of likely N-dealkylation sites (N-methyl/N-ethyl adjacent to an activating group) is 1. The van der Waals surface area contributed by atoms with Gasteiger partial charge >= 0.3 is 6.09 Å². The minimum atomic E-state index is -0.526. The Labute approximate surface area is 85.2 Å². The van der Waals surface area contributed by atoms with Crippen LogP contribution in [0.25, 0.3) is 0 Å². The predicted molar refractivity (Wildman–Crippen MR) is 54.1 cm³/mol. The van der Waals surface area contributed by atoms with Crippen LogP contribution in [0.2, 0.25) is 0 Å². The molecule has 1 amide bonds. The zero-order valence-corrected chi connectivity index (χ0v) is 9.75. The maximum absolute atomic E-state index is 11.5. The van der Waals surface area contributed by atoms with Crippen LogP contribution in [0.15, 0.2) is 0 Å². The Morgan fingerprint density at radius 2 is 1.71 bits per heavy atom. The summed E-state index contributed by atoms with van der Waals surface area (Å²) in [5, 5.41) is 0. The van der Waals surface area contributed by atoms with Crippen molar-refractivity contribution in [3.05, 3.63) is 0 Å². The van der Waals surface area contributed by atoms with Gasteiger partial charge in [-0.15, -0.1) is 0 Å². The molecule has 0 aliphatic carbocycles. The smallest absolute Gasteiger partial charge is 0.410 e. The van der Waals surface area contributed by atoms with E-state index in [1.54, 1.807) is 34.7 Å². The molecule has 0 fully saturated rings. The molecule has 0 spiro atoms. The SMILES string of the molecule is CC(=O)[C@H](C)N(C)C(=O)OC(C)(C)C. The van der Waals surface area contributed by atoms with Crippen LogP contribution in [0.3, 0.4) is 0 Å². The maximum Gasteiger partial charge on any atom is 0.410 e. The molecule has 0 aliphatic rings. The van der Waals surface area contributed by atoms with Crippen molar-refractivity contribution in [2.45, 2.75) is 46.3 Å². The van der Waals surface area contributed by atoms with Crippen molar-refractivity contribution in [3.8, 4) is 0 Å². The standard InChI is InChI=1S/C10H19NO3/c1-7(8(2)12)11(6)9(13)14-10(3,4)5/h7H,1-6H3/t7-/m0/s1. The lowest BCUT2D eigenvalue weighted by Gasteiger charge is -2.27. The second kappa shape index (κ2) is 4.44. The summed E-state index contributed by atoms with van der Waals surface area (Å²) in [5.41, 5.74) is -0.526. The summed E-state index contributed by atoms with van der Waals surface area (Å²) in [5.74, 6) is -0.0571. The molecule has 0 aromatic carbocycles. The number of Topliss-reactive ketones (excluding diaryl/α,β-unsaturated/α-hetero) is 1. The topological polar surface area (TPSA) is 46.6 Å². The van der Waals surface area contributed by atoms with Crippen LogP contribution in [0, 0.1) is 0 Å². The highest BCUT2D eigenvalue weighted by molar-refractivity contribution is 5.84. The molecular formula is C10H19NO3. The van der Waals surface area contributed by atoms with Crippen molar-refractivity contribution < 1.29 is 14.3 Å². The Morgan fingerprint density at radius 3 is 2.00 bits per heavy atom. The number of carbonyl (C=O) groups excluding carboxylic acids is 2. The first kappa shape index (κ1) is 12.9. The molecule has 0 bridgehead atoms. The van der Waals surface area contributed by atoms with Gasteiger partial charge in [-0.3, -0.25) is 4.79 Å². The third-order valence-corrected chi connectivity index (χ3v) is 1.85. The zero-order chi connectivity index (χ0) is 11.5. The number of hydrogen-bond acceptors (Lipinski definition) is 3. The molecule has 1 atom stereocenters. The molecule has 4 nitrogen and oxygen atoms in total. The Bertz CT molecular complexity index is 230. The number of carbonyl (C=O) groups is 2. The number of nitrogens with zero attached hydrogens (tertiary/aromatic N) is 1. The van der Waals surface area contributed by atoms with E-state index in [1.807, 2.05) is 0 Å². The van der Waals surface area contributed by atoms with Crippen LogP contribution in [0.1, 0.15) is 34.6 Å². The van der Waals surface area contributed by atoms with Crippen LogP contribution < -0.4 is 0 Å².